The van der Waals surface area contributed by atoms with E-state index in [0.29, 0.717) is 13.1 Å². The van der Waals surface area contributed by atoms with Gasteiger partial charge in [-0.2, -0.15) is 0 Å². The smallest absolute Gasteiger partial charge is 0.323 e. The fraction of sp³-hybridized carbons (Fsp3) is 0.385. The molecule has 7 heteroatoms. The van der Waals surface area contributed by atoms with Crippen molar-refractivity contribution >= 4 is 17.6 Å². The second kappa shape index (κ2) is 7.44. The Morgan fingerprint density at radius 3 is 2.60 bits per heavy atom. The first-order chi connectivity index (χ1) is 9.40. The third-order valence-electron chi connectivity index (χ3n) is 2.64. The number of hydrogen-bond donors (Lipinski definition) is 3. The normalized spacial score (nSPS) is 10.3. The lowest BCUT2D eigenvalue weighted by molar-refractivity contribution is -0.137. The van der Waals surface area contributed by atoms with E-state index in [1.165, 1.54) is 18.0 Å². The van der Waals surface area contributed by atoms with E-state index < -0.39 is 17.8 Å². The Morgan fingerprint density at radius 1 is 1.30 bits per heavy atom. The molecule has 0 aliphatic carbocycles. The van der Waals surface area contributed by atoms with Crippen LogP contribution >= 0.6 is 0 Å². The number of hydrogen-bond acceptors (Lipinski definition) is 4. The summed E-state index contributed by atoms with van der Waals surface area (Å²) in [6.07, 6.45) is 0.00691. The highest BCUT2D eigenvalue weighted by atomic mass is 19.1. The van der Waals surface area contributed by atoms with Crippen molar-refractivity contribution in [3.63, 3.8) is 0 Å². The molecule has 1 aromatic carbocycles. The van der Waals surface area contributed by atoms with Crippen molar-refractivity contribution in [3.8, 4) is 0 Å². The van der Waals surface area contributed by atoms with E-state index in [1.807, 2.05) is 0 Å². The summed E-state index contributed by atoms with van der Waals surface area (Å²) in [5.74, 6) is -2.43. The molecule has 20 heavy (non-hydrogen) atoms. The van der Waals surface area contributed by atoms with Crippen molar-refractivity contribution in [1.29, 1.82) is 0 Å². The van der Waals surface area contributed by atoms with E-state index >= 15 is 0 Å². The highest BCUT2D eigenvalue weighted by Crippen LogP contribution is 2.19. The Bertz CT molecular complexity index is 493. The molecule has 6 nitrogen and oxygen atoms in total. The highest BCUT2D eigenvalue weighted by molar-refractivity contribution is 5.73. The predicted molar refractivity (Wildman–Crippen MR) is 71.3 cm³/mol. The zero-order chi connectivity index (χ0) is 15.1. The van der Waals surface area contributed by atoms with Gasteiger partial charge in [-0.25, -0.2) is 4.39 Å². The molecular formula is C13H17FN2O4. The Kier molecular flexibility index (Phi) is 5.92. The first-order valence-corrected chi connectivity index (χ1v) is 6.04. The van der Waals surface area contributed by atoms with E-state index in [2.05, 4.69) is 5.32 Å². The van der Waals surface area contributed by atoms with Crippen LogP contribution < -0.4 is 10.2 Å². The van der Waals surface area contributed by atoms with Gasteiger partial charge in [0.1, 0.15) is 12.4 Å². The standard InChI is InChI=1S/C13H17FN2O4/c1-16(8-13(19)20)11-6-9(2-3-10(11)14)7-15-5-4-12(17)18/h2-3,6,15H,4-5,7-8H2,1H3,(H,17,18)(H,19,20). The molecule has 0 saturated heterocycles. The van der Waals surface area contributed by atoms with E-state index in [-0.39, 0.29) is 18.7 Å². The number of nitrogens with one attached hydrogen (secondary N) is 1. The zero-order valence-corrected chi connectivity index (χ0v) is 11.1. The fourth-order valence-corrected chi connectivity index (χ4v) is 1.68. The predicted octanol–water partition coefficient (Wildman–Crippen LogP) is 0.911. The summed E-state index contributed by atoms with van der Waals surface area (Å²) < 4.78 is 13.6. The second-order valence-electron chi connectivity index (χ2n) is 4.36. The van der Waals surface area contributed by atoms with Gasteiger partial charge in [-0.05, 0) is 17.7 Å². The Hall–Kier alpha value is -2.15. The summed E-state index contributed by atoms with van der Waals surface area (Å²) in [5, 5.41) is 20.1. The summed E-state index contributed by atoms with van der Waals surface area (Å²) in [6.45, 7) is 0.404. The number of anilines is 1. The molecule has 0 fully saturated rings. The lowest BCUT2D eigenvalue weighted by Gasteiger charge is -2.18. The first-order valence-electron chi connectivity index (χ1n) is 6.04. The Balaban J connectivity index is 2.65. The second-order valence-corrected chi connectivity index (χ2v) is 4.36. The number of carboxylic acids is 2. The van der Waals surface area contributed by atoms with Crippen LogP contribution in [0.2, 0.25) is 0 Å². The van der Waals surface area contributed by atoms with Crippen LogP contribution in [0.5, 0.6) is 0 Å². The number of carbonyl (C=O) groups is 2. The number of nitrogens with zero attached hydrogens (tertiary/aromatic N) is 1. The van der Waals surface area contributed by atoms with Crippen LogP contribution in [0, 0.1) is 5.82 Å². The van der Waals surface area contributed by atoms with Gasteiger partial charge in [-0.3, -0.25) is 9.59 Å². The fourth-order valence-electron chi connectivity index (χ4n) is 1.68. The average Bonchev–Trinajstić information content (AvgIpc) is 2.35. The van der Waals surface area contributed by atoms with Gasteiger partial charge in [-0.1, -0.05) is 6.07 Å². The molecule has 0 spiro atoms. The summed E-state index contributed by atoms with van der Waals surface area (Å²) in [4.78, 5) is 22.3. The molecule has 0 radical (unpaired) electrons. The summed E-state index contributed by atoms with van der Waals surface area (Å²) >= 11 is 0. The number of halogens is 1. The molecule has 0 aromatic heterocycles. The summed E-state index contributed by atoms with van der Waals surface area (Å²) in [6, 6.07) is 4.38. The van der Waals surface area contributed by atoms with Gasteiger partial charge >= 0.3 is 11.9 Å². The SMILES string of the molecule is CN(CC(=O)O)c1cc(CNCCC(=O)O)ccc1F. The number of likely N-dealkylation sites (N-methyl/N-ethyl adjacent to an activating group) is 1. The van der Waals surface area contributed by atoms with Crippen molar-refractivity contribution in [1.82, 2.24) is 5.32 Å². The first kappa shape index (κ1) is 15.9. The van der Waals surface area contributed by atoms with Crippen molar-refractivity contribution in [3.05, 3.63) is 29.6 Å². The molecule has 110 valence electrons. The maximum absolute atomic E-state index is 13.6. The van der Waals surface area contributed by atoms with Crippen LogP contribution in [0.3, 0.4) is 0 Å². The maximum Gasteiger partial charge on any atom is 0.323 e. The molecule has 0 aliphatic rings. The van der Waals surface area contributed by atoms with Crippen LogP contribution in [0.25, 0.3) is 0 Å². The molecule has 1 rings (SSSR count). The largest absolute Gasteiger partial charge is 0.481 e. The van der Waals surface area contributed by atoms with E-state index in [9.17, 15) is 14.0 Å². The van der Waals surface area contributed by atoms with Crippen LogP contribution in [0.4, 0.5) is 10.1 Å². The Morgan fingerprint density at radius 2 is 2.00 bits per heavy atom. The molecule has 3 N–H and O–H groups in total. The minimum absolute atomic E-state index is 0.00691. The lowest BCUT2D eigenvalue weighted by atomic mass is 10.1. The van der Waals surface area contributed by atoms with E-state index in [1.54, 1.807) is 12.1 Å². The van der Waals surface area contributed by atoms with Crippen molar-refractivity contribution in [2.45, 2.75) is 13.0 Å². The molecular weight excluding hydrogens is 267 g/mol. The van der Waals surface area contributed by atoms with Crippen molar-refractivity contribution in [2.75, 3.05) is 25.0 Å². The minimum atomic E-state index is -1.04. The average molecular weight is 284 g/mol. The van der Waals surface area contributed by atoms with Gasteiger partial charge < -0.3 is 20.4 Å². The van der Waals surface area contributed by atoms with Crippen molar-refractivity contribution in [2.24, 2.45) is 0 Å². The van der Waals surface area contributed by atoms with E-state index in [4.69, 9.17) is 10.2 Å². The zero-order valence-electron chi connectivity index (χ0n) is 11.1. The molecule has 1 aromatic rings. The van der Waals surface area contributed by atoms with Gasteiger partial charge in [0.2, 0.25) is 0 Å². The molecule has 0 amide bonds. The molecule has 0 heterocycles. The van der Waals surface area contributed by atoms with E-state index in [0.717, 1.165) is 5.56 Å². The number of aliphatic carboxylic acids is 2. The number of rotatable bonds is 8. The van der Waals surface area contributed by atoms with Gasteiger partial charge in [0.15, 0.2) is 0 Å². The van der Waals surface area contributed by atoms with Gasteiger partial charge in [0, 0.05) is 20.1 Å². The van der Waals surface area contributed by atoms with Crippen LogP contribution in [0.1, 0.15) is 12.0 Å². The summed E-state index contributed by atoms with van der Waals surface area (Å²) in [5.41, 5.74) is 0.953. The van der Waals surface area contributed by atoms with Gasteiger partial charge in [-0.15, -0.1) is 0 Å². The third kappa shape index (κ3) is 5.23. The van der Waals surface area contributed by atoms with Gasteiger partial charge in [0.25, 0.3) is 0 Å². The minimum Gasteiger partial charge on any atom is -0.481 e. The van der Waals surface area contributed by atoms with Crippen molar-refractivity contribution < 1.29 is 24.2 Å². The maximum atomic E-state index is 13.6. The molecule has 0 aliphatic heterocycles. The lowest BCUT2D eigenvalue weighted by Crippen LogP contribution is -2.26. The Labute approximate surface area is 115 Å². The molecule has 0 bridgehead atoms. The quantitative estimate of drug-likeness (QED) is 0.615. The monoisotopic (exact) mass is 284 g/mol. The van der Waals surface area contributed by atoms with Crippen LogP contribution in [-0.2, 0) is 16.1 Å². The van der Waals surface area contributed by atoms with Crippen LogP contribution in [-0.4, -0.2) is 42.3 Å². The van der Waals surface area contributed by atoms with Gasteiger partial charge in [0.05, 0.1) is 12.1 Å². The van der Waals surface area contributed by atoms with Crippen LogP contribution in [0.15, 0.2) is 18.2 Å². The molecule has 0 unspecified atom stereocenters. The summed E-state index contributed by atoms with van der Waals surface area (Å²) in [7, 11) is 1.49. The third-order valence-corrected chi connectivity index (χ3v) is 2.64. The highest BCUT2D eigenvalue weighted by Gasteiger charge is 2.11. The topological polar surface area (TPSA) is 89.9 Å². The molecule has 0 saturated carbocycles. The molecule has 0 atom stereocenters. The number of benzene rings is 1. The number of carboxylic acid groups (broad SMARTS) is 2.